The molecule has 1 aromatic heterocycles. The van der Waals surface area contributed by atoms with Gasteiger partial charge in [-0.3, -0.25) is 4.79 Å². The van der Waals surface area contributed by atoms with Crippen LogP contribution in [0.1, 0.15) is 62.0 Å². The molecule has 32 heavy (non-hydrogen) atoms. The van der Waals surface area contributed by atoms with Crippen LogP contribution >= 0.6 is 11.3 Å². The van der Waals surface area contributed by atoms with Gasteiger partial charge in [-0.05, 0) is 82.0 Å². The fourth-order valence-corrected chi connectivity index (χ4v) is 6.23. The minimum Gasteiger partial charge on any atom is -0.477 e. The van der Waals surface area contributed by atoms with Crippen LogP contribution in [0.3, 0.4) is 0 Å². The summed E-state index contributed by atoms with van der Waals surface area (Å²) in [6.45, 7) is 6.26. The zero-order chi connectivity index (χ0) is 22.7. The summed E-state index contributed by atoms with van der Waals surface area (Å²) >= 11 is 1.27. The Morgan fingerprint density at radius 2 is 1.72 bits per heavy atom. The first-order chi connectivity index (χ1) is 15.5. The van der Waals surface area contributed by atoms with Crippen molar-refractivity contribution in [3.8, 4) is 10.4 Å². The van der Waals surface area contributed by atoms with Crippen molar-refractivity contribution in [2.45, 2.75) is 58.4 Å². The number of carboxylic acids is 1. The number of carbonyl (C=O) groups is 2. The van der Waals surface area contributed by atoms with Gasteiger partial charge in [0.2, 0.25) is 5.91 Å². The highest BCUT2D eigenvalue weighted by atomic mass is 32.1. The number of nitrogens with zero attached hydrogens (tertiary/aromatic N) is 1. The lowest BCUT2D eigenvalue weighted by Crippen LogP contribution is -2.49. The second-order valence-corrected chi connectivity index (χ2v) is 10.5. The third kappa shape index (κ3) is 4.91. The van der Waals surface area contributed by atoms with Crippen LogP contribution in [0.5, 0.6) is 0 Å². The highest BCUT2D eigenvalue weighted by Crippen LogP contribution is 2.41. The van der Waals surface area contributed by atoms with E-state index in [9.17, 15) is 14.7 Å². The largest absolute Gasteiger partial charge is 0.477 e. The van der Waals surface area contributed by atoms with E-state index in [2.05, 4.69) is 19.2 Å². The number of nitrogens with one attached hydrogen (secondary N) is 1. The molecule has 1 aliphatic carbocycles. The summed E-state index contributed by atoms with van der Waals surface area (Å²) in [5.74, 6) is 0.166. The highest BCUT2D eigenvalue weighted by Gasteiger charge is 2.37. The van der Waals surface area contributed by atoms with Gasteiger partial charge < -0.3 is 15.3 Å². The van der Waals surface area contributed by atoms with Gasteiger partial charge in [0.25, 0.3) is 0 Å². The van der Waals surface area contributed by atoms with Gasteiger partial charge in [0, 0.05) is 16.8 Å². The Morgan fingerprint density at radius 1 is 1.06 bits per heavy atom. The Kier molecular flexibility index (Phi) is 7.31. The molecule has 1 unspecified atom stereocenters. The van der Waals surface area contributed by atoms with Crippen LogP contribution in [0.4, 0.5) is 5.69 Å². The summed E-state index contributed by atoms with van der Waals surface area (Å²) in [6, 6.07) is 11.8. The van der Waals surface area contributed by atoms with Gasteiger partial charge in [0.1, 0.15) is 4.88 Å². The number of amides is 1. The molecule has 6 heteroatoms. The Morgan fingerprint density at radius 3 is 2.34 bits per heavy atom. The van der Waals surface area contributed by atoms with E-state index in [0.717, 1.165) is 62.1 Å². The number of benzene rings is 1. The number of hydrogen-bond acceptors (Lipinski definition) is 4. The molecule has 1 aliphatic heterocycles. The number of carbonyl (C=O) groups excluding carboxylic acids is 1. The quantitative estimate of drug-likeness (QED) is 0.591. The standard InChI is InChI=1S/C26H34N2O3S/c1-17-8-10-21(11-9-17)25(29)28(18(2)19-12-14-27-15-13-19)22-16-23(32-24(22)26(30)31)20-6-4-3-5-7-20/h3-7,16-19,21,27H,8-15H2,1-2H3,(H,30,31). The zero-order valence-corrected chi connectivity index (χ0v) is 19.9. The Labute approximate surface area is 194 Å². The molecule has 1 saturated carbocycles. The van der Waals surface area contributed by atoms with Crippen molar-refractivity contribution >= 4 is 28.9 Å². The minimum absolute atomic E-state index is 0.0166. The lowest BCUT2D eigenvalue weighted by molar-refractivity contribution is -0.124. The third-order valence-corrected chi connectivity index (χ3v) is 8.46. The summed E-state index contributed by atoms with van der Waals surface area (Å²) in [7, 11) is 0. The van der Waals surface area contributed by atoms with Gasteiger partial charge in [-0.15, -0.1) is 11.3 Å². The summed E-state index contributed by atoms with van der Waals surface area (Å²) in [6.07, 6.45) is 5.93. The lowest BCUT2D eigenvalue weighted by atomic mass is 9.81. The molecule has 1 amide bonds. The van der Waals surface area contributed by atoms with Crippen LogP contribution < -0.4 is 10.2 Å². The van der Waals surface area contributed by atoms with Crippen molar-refractivity contribution in [1.29, 1.82) is 0 Å². The Bertz CT molecular complexity index is 928. The van der Waals surface area contributed by atoms with Crippen LogP contribution in [-0.2, 0) is 4.79 Å². The first-order valence-corrected chi connectivity index (χ1v) is 12.7. The number of thiophene rings is 1. The van der Waals surface area contributed by atoms with Crippen molar-refractivity contribution in [1.82, 2.24) is 5.32 Å². The van der Waals surface area contributed by atoms with Crippen LogP contribution in [0.25, 0.3) is 10.4 Å². The normalized spacial score (nSPS) is 22.9. The van der Waals surface area contributed by atoms with Crippen LogP contribution in [0.15, 0.2) is 36.4 Å². The average molecular weight is 455 g/mol. The first-order valence-electron chi connectivity index (χ1n) is 11.9. The maximum atomic E-state index is 13.9. The van der Waals surface area contributed by atoms with E-state index in [4.69, 9.17) is 0 Å². The van der Waals surface area contributed by atoms with Crippen molar-refractivity contribution in [3.05, 3.63) is 41.3 Å². The van der Waals surface area contributed by atoms with Crippen molar-refractivity contribution in [3.63, 3.8) is 0 Å². The van der Waals surface area contributed by atoms with Gasteiger partial charge in [0.15, 0.2) is 0 Å². The number of rotatable bonds is 6. The van der Waals surface area contributed by atoms with Gasteiger partial charge in [0.05, 0.1) is 5.69 Å². The summed E-state index contributed by atoms with van der Waals surface area (Å²) < 4.78 is 0. The topological polar surface area (TPSA) is 69.6 Å². The number of carboxylic acid groups (broad SMARTS) is 1. The minimum atomic E-state index is -0.959. The molecule has 0 bridgehead atoms. The molecular formula is C26H34N2O3S. The molecule has 1 aromatic carbocycles. The SMILES string of the molecule is CC1CCC(C(=O)N(c2cc(-c3ccccc3)sc2C(=O)O)C(C)C2CCNCC2)CC1. The van der Waals surface area contributed by atoms with E-state index >= 15 is 0 Å². The van der Waals surface area contributed by atoms with Crippen molar-refractivity contribution in [2.75, 3.05) is 18.0 Å². The van der Waals surface area contributed by atoms with E-state index in [1.165, 1.54) is 11.3 Å². The number of hydrogen-bond donors (Lipinski definition) is 2. The van der Waals surface area contributed by atoms with E-state index in [1.54, 1.807) is 0 Å². The molecule has 1 saturated heterocycles. The second kappa shape index (κ2) is 10.2. The summed E-state index contributed by atoms with van der Waals surface area (Å²) in [5.41, 5.74) is 1.57. The predicted molar refractivity (Wildman–Crippen MR) is 130 cm³/mol. The molecule has 2 aliphatic rings. The maximum absolute atomic E-state index is 13.9. The molecule has 0 radical (unpaired) electrons. The maximum Gasteiger partial charge on any atom is 0.348 e. The summed E-state index contributed by atoms with van der Waals surface area (Å²) in [4.78, 5) is 29.2. The van der Waals surface area contributed by atoms with Gasteiger partial charge in [-0.1, -0.05) is 37.3 Å². The van der Waals surface area contributed by atoms with E-state index in [0.29, 0.717) is 17.5 Å². The van der Waals surface area contributed by atoms with Crippen LogP contribution in [0, 0.1) is 17.8 Å². The van der Waals surface area contributed by atoms with E-state index in [-0.39, 0.29) is 22.7 Å². The number of piperidine rings is 1. The molecule has 4 rings (SSSR count). The number of anilines is 1. The van der Waals surface area contributed by atoms with E-state index in [1.807, 2.05) is 41.3 Å². The fraction of sp³-hybridized carbons (Fsp3) is 0.538. The van der Waals surface area contributed by atoms with Crippen molar-refractivity contribution in [2.24, 2.45) is 17.8 Å². The molecule has 2 N–H and O–H groups in total. The monoisotopic (exact) mass is 454 g/mol. The van der Waals surface area contributed by atoms with Gasteiger partial charge in [-0.2, -0.15) is 0 Å². The number of aromatic carboxylic acids is 1. The van der Waals surface area contributed by atoms with E-state index < -0.39 is 5.97 Å². The molecule has 2 aromatic rings. The van der Waals surface area contributed by atoms with Gasteiger partial charge in [-0.25, -0.2) is 4.79 Å². The molecular weight excluding hydrogens is 420 g/mol. The van der Waals surface area contributed by atoms with Crippen LogP contribution in [0.2, 0.25) is 0 Å². The average Bonchev–Trinajstić information content (AvgIpc) is 3.26. The molecule has 1 atom stereocenters. The molecule has 2 fully saturated rings. The molecule has 172 valence electrons. The third-order valence-electron chi connectivity index (χ3n) is 7.30. The molecule has 2 heterocycles. The van der Waals surface area contributed by atoms with Gasteiger partial charge >= 0.3 is 5.97 Å². The Hall–Kier alpha value is -2.18. The Balaban J connectivity index is 1.74. The van der Waals surface area contributed by atoms with Crippen molar-refractivity contribution < 1.29 is 14.7 Å². The summed E-state index contributed by atoms with van der Waals surface area (Å²) in [5, 5.41) is 13.5. The van der Waals surface area contributed by atoms with Crippen LogP contribution in [-0.4, -0.2) is 36.1 Å². The smallest absolute Gasteiger partial charge is 0.348 e. The molecule has 5 nitrogen and oxygen atoms in total. The predicted octanol–water partition coefficient (Wildman–Crippen LogP) is 5.66. The fourth-order valence-electron chi connectivity index (χ4n) is 5.24. The zero-order valence-electron chi connectivity index (χ0n) is 19.0. The second-order valence-electron chi connectivity index (χ2n) is 9.49. The first kappa shape index (κ1) is 23.0. The highest BCUT2D eigenvalue weighted by molar-refractivity contribution is 7.18. The molecule has 0 spiro atoms. The lowest BCUT2D eigenvalue weighted by Gasteiger charge is -2.39.